The van der Waals surface area contributed by atoms with Crippen molar-refractivity contribution in [3.05, 3.63) is 63.6 Å². The highest BCUT2D eigenvalue weighted by Gasteiger charge is 2.19. The molecule has 0 aromatic heterocycles. The van der Waals surface area contributed by atoms with Crippen LogP contribution in [0.15, 0.2) is 47.4 Å². The third kappa shape index (κ3) is 5.93. The summed E-state index contributed by atoms with van der Waals surface area (Å²) in [5.41, 5.74) is 0.803. The summed E-state index contributed by atoms with van der Waals surface area (Å²) in [7, 11) is -0.771. The highest BCUT2D eigenvalue weighted by molar-refractivity contribution is 7.89. The van der Waals surface area contributed by atoms with Crippen molar-refractivity contribution in [2.24, 2.45) is 0 Å². The van der Waals surface area contributed by atoms with Gasteiger partial charge < -0.3 is 10.1 Å². The molecule has 0 bridgehead atoms. The molecule has 7 nitrogen and oxygen atoms in total. The number of ether oxygens (including phenoxy) is 1. The summed E-state index contributed by atoms with van der Waals surface area (Å²) in [4.78, 5) is 24.2. The average molecular weight is 459 g/mol. The Bertz CT molecular complexity index is 1010. The van der Waals surface area contributed by atoms with Crippen LogP contribution in [0.4, 0.5) is 0 Å². The minimum absolute atomic E-state index is 0.0467. The number of nitrogens with zero attached hydrogens (tertiary/aromatic N) is 1. The van der Waals surface area contributed by atoms with Crippen molar-refractivity contribution in [3.8, 4) is 0 Å². The molecule has 29 heavy (non-hydrogen) atoms. The third-order valence-corrected chi connectivity index (χ3v) is 6.40. The van der Waals surface area contributed by atoms with Crippen molar-refractivity contribution in [2.45, 2.75) is 17.9 Å². The van der Waals surface area contributed by atoms with Gasteiger partial charge in [-0.05, 0) is 48.9 Å². The first-order chi connectivity index (χ1) is 13.5. The maximum atomic E-state index is 12.1. The molecule has 2 aromatic rings. The Morgan fingerprint density at radius 1 is 1.10 bits per heavy atom. The largest absolute Gasteiger partial charge is 0.452 e. The monoisotopic (exact) mass is 458 g/mol. The number of halogens is 2. The van der Waals surface area contributed by atoms with Gasteiger partial charge >= 0.3 is 5.97 Å². The molecule has 1 atom stereocenters. The van der Waals surface area contributed by atoms with Crippen LogP contribution >= 0.6 is 23.2 Å². The summed E-state index contributed by atoms with van der Waals surface area (Å²) in [5, 5.41) is 3.57. The van der Waals surface area contributed by atoms with Crippen molar-refractivity contribution in [2.75, 3.05) is 20.7 Å². The highest BCUT2D eigenvalue weighted by Crippen LogP contribution is 2.26. The van der Waals surface area contributed by atoms with Crippen LogP contribution in [-0.2, 0) is 19.6 Å². The molecule has 0 aliphatic heterocycles. The van der Waals surface area contributed by atoms with Gasteiger partial charge in [-0.3, -0.25) is 4.79 Å². The molecule has 2 aromatic carbocycles. The van der Waals surface area contributed by atoms with Gasteiger partial charge in [0.25, 0.3) is 5.91 Å². The van der Waals surface area contributed by atoms with Gasteiger partial charge in [0.1, 0.15) is 0 Å². The topological polar surface area (TPSA) is 92.8 Å². The smallest absolute Gasteiger partial charge is 0.338 e. The summed E-state index contributed by atoms with van der Waals surface area (Å²) in [6.45, 7) is 1.24. The van der Waals surface area contributed by atoms with Crippen LogP contribution in [0.2, 0.25) is 10.0 Å². The fourth-order valence-electron chi connectivity index (χ4n) is 2.40. The number of nitrogens with one attached hydrogen (secondary N) is 1. The second kappa shape index (κ2) is 9.58. The lowest BCUT2D eigenvalue weighted by molar-refractivity contribution is -0.124. The molecular weight excluding hydrogens is 439 g/mol. The van der Waals surface area contributed by atoms with Crippen LogP contribution in [0, 0.1) is 0 Å². The number of carbonyl (C=O) groups excluding carboxylic acids is 2. The number of esters is 1. The Balaban J connectivity index is 1.94. The van der Waals surface area contributed by atoms with Crippen molar-refractivity contribution < 1.29 is 22.7 Å². The predicted octanol–water partition coefficient (Wildman–Crippen LogP) is 3.28. The standard InChI is InChI=1S/C19H20Cl2N2O5S/c1-12(16-9-6-14(20)10-17(16)21)22-18(24)11-28-19(25)13-4-7-15(8-5-13)29(26,27)23(2)3/h4-10,12H,11H2,1-3H3,(H,22,24)/t12-/m1/s1. The molecule has 0 unspecified atom stereocenters. The van der Waals surface area contributed by atoms with Crippen LogP contribution < -0.4 is 5.32 Å². The zero-order chi connectivity index (χ0) is 21.8. The second-order valence-electron chi connectivity index (χ2n) is 6.34. The van der Waals surface area contributed by atoms with E-state index in [0.717, 1.165) is 4.31 Å². The SMILES string of the molecule is C[C@@H](NC(=O)COC(=O)c1ccc(S(=O)(=O)N(C)C)cc1)c1ccc(Cl)cc1Cl. The molecule has 0 radical (unpaired) electrons. The van der Waals surface area contributed by atoms with Crippen molar-refractivity contribution >= 4 is 45.1 Å². The van der Waals surface area contributed by atoms with Gasteiger partial charge in [0.15, 0.2) is 6.61 Å². The molecule has 0 heterocycles. The molecule has 0 fully saturated rings. The number of carbonyl (C=O) groups is 2. The summed E-state index contributed by atoms with van der Waals surface area (Å²) in [6.07, 6.45) is 0. The number of amides is 1. The zero-order valence-corrected chi connectivity index (χ0v) is 18.3. The van der Waals surface area contributed by atoms with Crippen molar-refractivity contribution in [1.29, 1.82) is 0 Å². The fraction of sp³-hybridized carbons (Fsp3) is 0.263. The van der Waals surface area contributed by atoms with E-state index in [1.54, 1.807) is 25.1 Å². The van der Waals surface area contributed by atoms with Crippen LogP contribution in [0.5, 0.6) is 0 Å². The Labute approximate surface area is 179 Å². The van der Waals surface area contributed by atoms with Crippen molar-refractivity contribution in [1.82, 2.24) is 9.62 Å². The fourth-order valence-corrected chi connectivity index (χ4v) is 3.88. The van der Waals surface area contributed by atoms with Crippen LogP contribution in [-0.4, -0.2) is 45.3 Å². The lowest BCUT2D eigenvalue weighted by atomic mass is 10.1. The number of hydrogen-bond donors (Lipinski definition) is 1. The number of rotatable bonds is 7. The maximum absolute atomic E-state index is 12.1. The Kier molecular flexibility index (Phi) is 7.65. The van der Waals surface area contributed by atoms with Crippen LogP contribution in [0.25, 0.3) is 0 Å². The van der Waals surface area contributed by atoms with E-state index < -0.39 is 34.5 Å². The first kappa shape index (κ1) is 23.2. The molecular formula is C19H20Cl2N2O5S. The Morgan fingerprint density at radius 2 is 1.72 bits per heavy atom. The van der Waals surface area contributed by atoms with E-state index in [4.69, 9.17) is 27.9 Å². The minimum atomic E-state index is -3.59. The summed E-state index contributed by atoms with van der Waals surface area (Å²) >= 11 is 12.0. The molecule has 1 amide bonds. The third-order valence-electron chi connectivity index (χ3n) is 4.01. The predicted molar refractivity (Wildman–Crippen MR) is 111 cm³/mol. The van der Waals surface area contributed by atoms with E-state index >= 15 is 0 Å². The number of sulfonamides is 1. The molecule has 156 valence electrons. The van der Waals surface area contributed by atoms with E-state index in [2.05, 4.69) is 5.32 Å². The lowest BCUT2D eigenvalue weighted by Crippen LogP contribution is -2.31. The molecule has 0 spiro atoms. The number of hydrogen-bond acceptors (Lipinski definition) is 5. The van der Waals surface area contributed by atoms with Crippen LogP contribution in [0.3, 0.4) is 0 Å². The van der Waals surface area contributed by atoms with Crippen LogP contribution in [0.1, 0.15) is 28.9 Å². The van der Waals surface area contributed by atoms with Gasteiger partial charge in [-0.1, -0.05) is 29.3 Å². The van der Waals surface area contributed by atoms with Crippen molar-refractivity contribution in [3.63, 3.8) is 0 Å². The molecule has 0 aliphatic carbocycles. The van der Waals surface area contributed by atoms with Gasteiger partial charge in [-0.25, -0.2) is 17.5 Å². The average Bonchev–Trinajstić information content (AvgIpc) is 2.65. The molecule has 0 aliphatic rings. The van der Waals surface area contributed by atoms with Gasteiger partial charge in [0.2, 0.25) is 10.0 Å². The lowest BCUT2D eigenvalue weighted by Gasteiger charge is -2.16. The Hall–Kier alpha value is -2.13. The van der Waals surface area contributed by atoms with Gasteiger partial charge in [0.05, 0.1) is 16.5 Å². The second-order valence-corrected chi connectivity index (χ2v) is 9.34. The Morgan fingerprint density at radius 3 is 2.28 bits per heavy atom. The first-order valence-corrected chi connectivity index (χ1v) is 10.7. The first-order valence-electron chi connectivity index (χ1n) is 8.46. The number of benzene rings is 2. The summed E-state index contributed by atoms with van der Waals surface area (Å²) in [6, 6.07) is 9.77. The van der Waals surface area contributed by atoms with Gasteiger partial charge in [0, 0.05) is 24.1 Å². The van der Waals surface area contributed by atoms with E-state index in [1.807, 2.05) is 0 Å². The molecule has 0 saturated heterocycles. The van der Waals surface area contributed by atoms with E-state index in [1.165, 1.54) is 38.4 Å². The normalized spacial score (nSPS) is 12.5. The molecule has 10 heteroatoms. The molecule has 2 rings (SSSR count). The van der Waals surface area contributed by atoms with Gasteiger partial charge in [-0.2, -0.15) is 0 Å². The zero-order valence-electron chi connectivity index (χ0n) is 16.0. The van der Waals surface area contributed by atoms with E-state index in [-0.39, 0.29) is 10.5 Å². The van der Waals surface area contributed by atoms with Gasteiger partial charge in [-0.15, -0.1) is 0 Å². The molecule has 1 N–H and O–H groups in total. The highest BCUT2D eigenvalue weighted by atomic mass is 35.5. The van der Waals surface area contributed by atoms with E-state index in [9.17, 15) is 18.0 Å². The minimum Gasteiger partial charge on any atom is -0.452 e. The van der Waals surface area contributed by atoms with E-state index in [0.29, 0.717) is 15.6 Å². The summed E-state index contributed by atoms with van der Waals surface area (Å²) in [5.74, 6) is -1.25. The quantitative estimate of drug-likeness (QED) is 0.642. The summed E-state index contributed by atoms with van der Waals surface area (Å²) < 4.78 is 30.1. The molecule has 0 saturated carbocycles. The maximum Gasteiger partial charge on any atom is 0.338 e.